The van der Waals surface area contributed by atoms with Gasteiger partial charge in [-0.25, -0.2) is 16.8 Å². The van der Waals surface area contributed by atoms with E-state index in [1.807, 2.05) is 0 Å². The lowest BCUT2D eigenvalue weighted by atomic mass is 9.99. The molecule has 3 rings (SSSR count). The Bertz CT molecular complexity index is 1150. The summed E-state index contributed by atoms with van der Waals surface area (Å²) < 4.78 is 96.3. The van der Waals surface area contributed by atoms with Crippen LogP contribution in [0.1, 0.15) is 36.9 Å². The molecule has 2 aromatic rings. The van der Waals surface area contributed by atoms with Crippen molar-refractivity contribution < 1.29 is 34.7 Å². The van der Waals surface area contributed by atoms with E-state index in [4.69, 9.17) is 4.74 Å². The molecule has 1 fully saturated rings. The molecular weight excluding hydrogens is 467 g/mol. The molecule has 1 aliphatic rings. The Morgan fingerprint density at radius 3 is 2.31 bits per heavy atom. The van der Waals surface area contributed by atoms with Crippen LogP contribution >= 0.6 is 0 Å². The summed E-state index contributed by atoms with van der Waals surface area (Å²) in [4.78, 5) is -0.0672. The lowest BCUT2D eigenvalue weighted by Crippen LogP contribution is -2.31. The molecule has 0 bridgehead atoms. The van der Waals surface area contributed by atoms with Crippen molar-refractivity contribution in [2.24, 2.45) is 0 Å². The molecule has 6 nitrogen and oxygen atoms in total. The molecule has 0 spiro atoms. The quantitative estimate of drug-likeness (QED) is 0.557. The molecule has 1 unspecified atom stereocenters. The van der Waals surface area contributed by atoms with Gasteiger partial charge < -0.3 is 4.74 Å². The highest BCUT2D eigenvalue weighted by molar-refractivity contribution is 7.91. The van der Waals surface area contributed by atoms with Crippen LogP contribution in [0.4, 0.5) is 13.2 Å². The highest BCUT2D eigenvalue weighted by Crippen LogP contribution is 2.42. The van der Waals surface area contributed by atoms with E-state index in [-0.39, 0.29) is 35.1 Å². The van der Waals surface area contributed by atoms with Gasteiger partial charge in [0.15, 0.2) is 9.84 Å². The van der Waals surface area contributed by atoms with Crippen LogP contribution in [0.5, 0.6) is 5.75 Å². The number of benzene rings is 2. The molecule has 1 heterocycles. The van der Waals surface area contributed by atoms with Crippen molar-refractivity contribution in [2.75, 3.05) is 24.7 Å². The molecule has 0 N–H and O–H groups in total. The van der Waals surface area contributed by atoms with Crippen LogP contribution in [0.3, 0.4) is 0 Å². The normalized spacial score (nSPS) is 18.1. The third kappa shape index (κ3) is 5.44. The van der Waals surface area contributed by atoms with E-state index < -0.39 is 37.6 Å². The van der Waals surface area contributed by atoms with Crippen LogP contribution in [0, 0.1) is 0 Å². The SMILES string of the molecule is CCS(=O)(=O)CCOc1ccc(S(=O)(=O)N2CCCC2c2ccccc2C(F)(F)F)cc1. The second-order valence-corrected chi connectivity index (χ2v) is 11.8. The number of sulfonamides is 1. The lowest BCUT2D eigenvalue weighted by molar-refractivity contribution is -0.138. The Kier molecular flexibility index (Phi) is 7.21. The van der Waals surface area contributed by atoms with Gasteiger partial charge in [-0.2, -0.15) is 17.5 Å². The Labute approximate surface area is 186 Å². The first kappa shape index (κ1) is 24.5. The molecule has 0 aliphatic carbocycles. The van der Waals surface area contributed by atoms with Crippen LogP contribution in [0.25, 0.3) is 0 Å². The van der Waals surface area contributed by atoms with Crippen molar-refractivity contribution in [3.8, 4) is 5.75 Å². The molecule has 2 aromatic carbocycles. The maximum Gasteiger partial charge on any atom is 0.416 e. The Morgan fingerprint density at radius 1 is 1.03 bits per heavy atom. The van der Waals surface area contributed by atoms with Crippen molar-refractivity contribution in [1.82, 2.24) is 4.31 Å². The predicted octanol–water partition coefficient (Wildman–Crippen LogP) is 4.04. The summed E-state index contributed by atoms with van der Waals surface area (Å²) in [5, 5.41) is 0. The van der Waals surface area contributed by atoms with Crippen molar-refractivity contribution >= 4 is 19.9 Å². The van der Waals surface area contributed by atoms with Crippen LogP contribution in [-0.2, 0) is 26.0 Å². The molecular formula is C21H24F3NO5S2. The summed E-state index contributed by atoms with van der Waals surface area (Å²) >= 11 is 0. The summed E-state index contributed by atoms with van der Waals surface area (Å²) in [6.45, 7) is 1.59. The number of halogens is 3. The fraction of sp³-hybridized carbons (Fsp3) is 0.429. The summed E-state index contributed by atoms with van der Waals surface area (Å²) in [5.74, 6) is 0.148. The van der Waals surface area contributed by atoms with E-state index in [1.165, 1.54) is 49.4 Å². The largest absolute Gasteiger partial charge is 0.493 e. The Balaban J connectivity index is 1.80. The summed E-state index contributed by atoms with van der Waals surface area (Å²) in [6, 6.07) is 9.55. The number of alkyl halides is 3. The van der Waals surface area contributed by atoms with Gasteiger partial charge in [-0.15, -0.1) is 0 Å². The monoisotopic (exact) mass is 491 g/mol. The zero-order valence-electron chi connectivity index (χ0n) is 17.4. The van der Waals surface area contributed by atoms with Crippen LogP contribution < -0.4 is 4.74 Å². The van der Waals surface area contributed by atoms with Gasteiger partial charge in [0, 0.05) is 12.3 Å². The van der Waals surface area contributed by atoms with Gasteiger partial charge in [0.05, 0.1) is 22.3 Å². The van der Waals surface area contributed by atoms with E-state index >= 15 is 0 Å². The lowest BCUT2D eigenvalue weighted by Gasteiger charge is -2.26. The van der Waals surface area contributed by atoms with Crippen molar-refractivity contribution in [1.29, 1.82) is 0 Å². The first-order valence-corrected chi connectivity index (χ1v) is 13.3. The van der Waals surface area contributed by atoms with Gasteiger partial charge in [0.1, 0.15) is 12.4 Å². The molecule has 11 heteroatoms. The maximum absolute atomic E-state index is 13.5. The average molecular weight is 492 g/mol. The minimum absolute atomic E-state index is 0.00199. The number of hydrogen-bond acceptors (Lipinski definition) is 5. The standard InChI is InChI=1S/C21H24F3NO5S2/c1-2-31(26,27)15-14-30-16-9-11-17(12-10-16)32(28,29)25-13-5-8-20(25)18-6-3-4-7-19(18)21(22,23)24/h3-4,6-7,9-12,20H,2,5,8,13-15H2,1H3. The summed E-state index contributed by atoms with van der Waals surface area (Å²) in [6.07, 6.45) is -3.85. The molecule has 0 aromatic heterocycles. The predicted molar refractivity (Wildman–Crippen MR) is 114 cm³/mol. The molecule has 0 saturated carbocycles. The first-order chi connectivity index (χ1) is 15.0. The minimum atomic E-state index is -4.58. The topological polar surface area (TPSA) is 80.8 Å². The summed E-state index contributed by atoms with van der Waals surface area (Å²) in [5.41, 5.74) is -0.893. The summed E-state index contributed by atoms with van der Waals surface area (Å²) in [7, 11) is -7.23. The van der Waals surface area contributed by atoms with E-state index in [9.17, 15) is 30.0 Å². The second kappa shape index (κ2) is 9.40. The number of sulfone groups is 1. The first-order valence-electron chi connectivity index (χ1n) is 10.1. The molecule has 0 amide bonds. The number of nitrogens with zero attached hydrogens (tertiary/aromatic N) is 1. The second-order valence-electron chi connectivity index (χ2n) is 7.42. The van der Waals surface area contributed by atoms with E-state index in [0.717, 1.165) is 10.4 Å². The highest BCUT2D eigenvalue weighted by Gasteiger charge is 2.41. The van der Waals surface area contributed by atoms with Crippen molar-refractivity contribution in [3.05, 3.63) is 59.7 Å². The molecule has 32 heavy (non-hydrogen) atoms. The number of hydrogen-bond donors (Lipinski definition) is 0. The molecule has 1 saturated heterocycles. The van der Waals surface area contributed by atoms with Gasteiger partial charge in [-0.1, -0.05) is 25.1 Å². The average Bonchev–Trinajstić information content (AvgIpc) is 3.24. The molecule has 0 radical (unpaired) electrons. The van der Waals surface area contributed by atoms with E-state index in [1.54, 1.807) is 0 Å². The maximum atomic E-state index is 13.5. The van der Waals surface area contributed by atoms with Gasteiger partial charge in [-0.3, -0.25) is 0 Å². The van der Waals surface area contributed by atoms with E-state index in [2.05, 4.69) is 0 Å². The zero-order chi connectivity index (χ0) is 23.6. The van der Waals surface area contributed by atoms with Crippen LogP contribution in [-0.4, -0.2) is 45.8 Å². The fourth-order valence-electron chi connectivity index (χ4n) is 3.66. The Morgan fingerprint density at radius 2 is 1.69 bits per heavy atom. The van der Waals surface area contributed by atoms with Crippen LogP contribution in [0.15, 0.2) is 53.4 Å². The molecule has 176 valence electrons. The smallest absolute Gasteiger partial charge is 0.416 e. The zero-order valence-corrected chi connectivity index (χ0v) is 19.0. The van der Waals surface area contributed by atoms with Gasteiger partial charge in [-0.05, 0) is 48.7 Å². The van der Waals surface area contributed by atoms with Crippen molar-refractivity contribution in [3.63, 3.8) is 0 Å². The number of ether oxygens (including phenoxy) is 1. The van der Waals surface area contributed by atoms with Crippen molar-refractivity contribution in [2.45, 2.75) is 36.9 Å². The fourth-order valence-corrected chi connectivity index (χ4v) is 5.96. The Hall–Kier alpha value is -2.11. The van der Waals surface area contributed by atoms with Gasteiger partial charge in [0.2, 0.25) is 10.0 Å². The molecule has 1 aliphatic heterocycles. The highest BCUT2D eigenvalue weighted by atomic mass is 32.2. The van der Waals surface area contributed by atoms with Gasteiger partial charge in [0.25, 0.3) is 0 Å². The van der Waals surface area contributed by atoms with Crippen LogP contribution in [0.2, 0.25) is 0 Å². The third-order valence-corrected chi connectivity index (χ3v) is 8.95. The number of rotatable bonds is 8. The van der Waals surface area contributed by atoms with Gasteiger partial charge >= 0.3 is 6.18 Å². The minimum Gasteiger partial charge on any atom is -0.493 e. The van der Waals surface area contributed by atoms with E-state index in [0.29, 0.717) is 18.6 Å². The molecule has 1 atom stereocenters. The third-order valence-electron chi connectivity index (χ3n) is 5.36.